The number of carbonyl (C=O) groups is 2. The van der Waals surface area contributed by atoms with Crippen LogP contribution in [0.25, 0.3) is 0 Å². The summed E-state index contributed by atoms with van der Waals surface area (Å²) in [5.74, 6) is -1.08. The lowest BCUT2D eigenvalue weighted by Crippen LogP contribution is -2.34. The lowest BCUT2D eigenvalue weighted by atomic mass is 10.1. The number of rotatable bonds is 5. The number of hydrogen-bond donors (Lipinski definition) is 2. The summed E-state index contributed by atoms with van der Waals surface area (Å²) < 4.78 is 0. The van der Waals surface area contributed by atoms with Crippen molar-refractivity contribution in [2.75, 3.05) is 0 Å². The zero-order chi connectivity index (χ0) is 15.7. The molecular formula is C17H17NO3S. The third-order valence-corrected chi connectivity index (χ3v) is 5.18. The number of carboxylic acid groups (broad SMARTS) is 1. The molecule has 3 rings (SSSR count). The van der Waals surface area contributed by atoms with Crippen LogP contribution in [-0.2, 0) is 9.59 Å². The highest BCUT2D eigenvalue weighted by atomic mass is 32.1. The summed E-state index contributed by atoms with van der Waals surface area (Å²) in [6.07, 6.45) is 0.800. The minimum Gasteiger partial charge on any atom is -0.479 e. The van der Waals surface area contributed by atoms with Crippen molar-refractivity contribution in [3.63, 3.8) is 0 Å². The molecule has 0 unspecified atom stereocenters. The van der Waals surface area contributed by atoms with E-state index < -0.39 is 12.0 Å². The molecule has 2 N–H and O–H groups in total. The van der Waals surface area contributed by atoms with E-state index in [0.717, 1.165) is 6.42 Å². The second-order valence-electron chi connectivity index (χ2n) is 5.61. The van der Waals surface area contributed by atoms with Crippen LogP contribution in [0.1, 0.15) is 34.4 Å². The summed E-state index contributed by atoms with van der Waals surface area (Å²) >= 11 is 1.67. The first-order chi connectivity index (χ1) is 10.6. The number of amides is 1. The fourth-order valence-corrected chi connectivity index (χ4v) is 3.83. The van der Waals surface area contributed by atoms with Gasteiger partial charge in [-0.05, 0) is 35.9 Å². The molecule has 1 aromatic heterocycles. The summed E-state index contributed by atoms with van der Waals surface area (Å²) in [6, 6.07) is 9.86. The predicted octanol–water partition coefficient (Wildman–Crippen LogP) is 3.10. The van der Waals surface area contributed by atoms with E-state index in [2.05, 4.69) is 11.4 Å². The van der Waals surface area contributed by atoms with Gasteiger partial charge in [-0.3, -0.25) is 4.79 Å². The normalized spacial score (nSPS) is 21.1. The number of aliphatic carboxylic acids is 1. The van der Waals surface area contributed by atoms with Gasteiger partial charge in [0.15, 0.2) is 6.04 Å². The van der Waals surface area contributed by atoms with Crippen LogP contribution in [-0.4, -0.2) is 17.0 Å². The molecule has 1 heterocycles. The van der Waals surface area contributed by atoms with Gasteiger partial charge in [-0.25, -0.2) is 4.79 Å². The van der Waals surface area contributed by atoms with Gasteiger partial charge in [0.25, 0.3) is 0 Å². The maximum atomic E-state index is 12.3. The number of carbonyl (C=O) groups excluding carboxylic acids is 1. The fourth-order valence-electron chi connectivity index (χ4n) is 2.72. The number of hydrogen-bond acceptors (Lipinski definition) is 3. The number of benzene rings is 1. The van der Waals surface area contributed by atoms with Gasteiger partial charge in [0.2, 0.25) is 5.91 Å². The van der Waals surface area contributed by atoms with E-state index in [0.29, 0.717) is 5.56 Å². The second kappa shape index (κ2) is 5.93. The molecule has 2 aromatic rings. The number of aryl methyl sites for hydroxylation is 1. The molecule has 114 valence electrons. The van der Waals surface area contributed by atoms with Crippen LogP contribution in [0.2, 0.25) is 0 Å². The molecule has 0 radical (unpaired) electrons. The largest absolute Gasteiger partial charge is 0.479 e. The van der Waals surface area contributed by atoms with Crippen LogP contribution in [0.3, 0.4) is 0 Å². The van der Waals surface area contributed by atoms with Crippen molar-refractivity contribution >= 4 is 23.2 Å². The van der Waals surface area contributed by atoms with E-state index in [1.807, 2.05) is 18.4 Å². The van der Waals surface area contributed by atoms with Gasteiger partial charge in [-0.15, -0.1) is 11.3 Å². The molecule has 1 aliphatic carbocycles. The highest BCUT2D eigenvalue weighted by Gasteiger charge is 2.46. The Bertz CT molecular complexity index is 695. The number of carboxylic acids is 1. The van der Waals surface area contributed by atoms with Crippen molar-refractivity contribution in [3.05, 3.63) is 57.8 Å². The standard InChI is InChI=1S/C17H17NO3S/c1-10-7-8-22-15(10)12-9-13(12)16(19)18-14(17(20)21)11-5-3-2-4-6-11/h2-8,12-14H,9H2,1H3,(H,18,19)(H,20,21)/t12-,13+,14-/m1/s1. The molecule has 0 bridgehead atoms. The van der Waals surface area contributed by atoms with Gasteiger partial charge in [0, 0.05) is 16.7 Å². The molecule has 0 spiro atoms. The molecule has 5 heteroatoms. The molecule has 4 nitrogen and oxygen atoms in total. The Morgan fingerprint density at radius 3 is 2.59 bits per heavy atom. The summed E-state index contributed by atoms with van der Waals surface area (Å²) in [4.78, 5) is 25.0. The molecule has 1 amide bonds. The molecule has 0 saturated heterocycles. The average Bonchev–Trinajstić information content (AvgIpc) is 3.19. The third-order valence-electron chi connectivity index (χ3n) is 4.03. The van der Waals surface area contributed by atoms with Crippen molar-refractivity contribution in [3.8, 4) is 0 Å². The zero-order valence-electron chi connectivity index (χ0n) is 12.2. The Balaban J connectivity index is 1.69. The van der Waals surface area contributed by atoms with E-state index in [1.165, 1.54) is 10.4 Å². The quantitative estimate of drug-likeness (QED) is 0.891. The van der Waals surface area contributed by atoms with E-state index >= 15 is 0 Å². The molecule has 1 fully saturated rings. The lowest BCUT2D eigenvalue weighted by Gasteiger charge is -2.14. The van der Waals surface area contributed by atoms with Crippen LogP contribution in [0, 0.1) is 12.8 Å². The highest BCUT2D eigenvalue weighted by molar-refractivity contribution is 7.10. The minimum absolute atomic E-state index is 0.108. The Kier molecular flexibility index (Phi) is 3.98. The van der Waals surface area contributed by atoms with Crippen LogP contribution in [0.4, 0.5) is 0 Å². The summed E-state index contributed by atoms with van der Waals surface area (Å²) in [5, 5.41) is 14.1. The van der Waals surface area contributed by atoms with Crippen molar-refractivity contribution < 1.29 is 14.7 Å². The van der Waals surface area contributed by atoms with Gasteiger partial charge in [0.1, 0.15) is 0 Å². The van der Waals surface area contributed by atoms with Crippen molar-refractivity contribution in [1.82, 2.24) is 5.32 Å². The molecule has 3 atom stereocenters. The van der Waals surface area contributed by atoms with E-state index in [1.54, 1.807) is 35.6 Å². The second-order valence-corrected chi connectivity index (χ2v) is 6.55. The van der Waals surface area contributed by atoms with E-state index in [-0.39, 0.29) is 17.7 Å². The Morgan fingerprint density at radius 2 is 2.00 bits per heavy atom. The molecule has 1 saturated carbocycles. The molecular weight excluding hydrogens is 298 g/mol. The molecule has 22 heavy (non-hydrogen) atoms. The van der Waals surface area contributed by atoms with Crippen LogP contribution in [0.15, 0.2) is 41.8 Å². The van der Waals surface area contributed by atoms with Crippen molar-refractivity contribution in [1.29, 1.82) is 0 Å². The average molecular weight is 315 g/mol. The van der Waals surface area contributed by atoms with Gasteiger partial charge in [-0.2, -0.15) is 0 Å². The van der Waals surface area contributed by atoms with Gasteiger partial charge < -0.3 is 10.4 Å². The molecule has 0 aliphatic heterocycles. The summed E-state index contributed by atoms with van der Waals surface area (Å²) in [7, 11) is 0. The summed E-state index contributed by atoms with van der Waals surface area (Å²) in [6.45, 7) is 2.04. The topological polar surface area (TPSA) is 66.4 Å². The first kappa shape index (κ1) is 14.8. The molecule has 1 aromatic carbocycles. The maximum absolute atomic E-state index is 12.3. The first-order valence-corrected chi connectivity index (χ1v) is 8.08. The van der Waals surface area contributed by atoms with Gasteiger partial charge in [-0.1, -0.05) is 30.3 Å². The van der Waals surface area contributed by atoms with Crippen LogP contribution >= 0.6 is 11.3 Å². The third kappa shape index (κ3) is 2.90. The smallest absolute Gasteiger partial charge is 0.330 e. The maximum Gasteiger partial charge on any atom is 0.330 e. The minimum atomic E-state index is -1.04. The lowest BCUT2D eigenvalue weighted by molar-refractivity contribution is -0.142. The van der Waals surface area contributed by atoms with Crippen LogP contribution < -0.4 is 5.32 Å². The summed E-state index contributed by atoms with van der Waals surface area (Å²) in [5.41, 5.74) is 1.80. The highest BCUT2D eigenvalue weighted by Crippen LogP contribution is 2.50. The Morgan fingerprint density at radius 1 is 1.27 bits per heavy atom. The van der Waals surface area contributed by atoms with Crippen molar-refractivity contribution in [2.45, 2.75) is 25.3 Å². The fraction of sp³-hybridized carbons (Fsp3) is 0.294. The predicted molar refractivity (Wildman–Crippen MR) is 84.9 cm³/mol. The Labute approximate surface area is 132 Å². The number of nitrogens with one attached hydrogen (secondary N) is 1. The van der Waals surface area contributed by atoms with Gasteiger partial charge in [0.05, 0.1) is 0 Å². The number of thiophene rings is 1. The van der Waals surface area contributed by atoms with E-state index in [4.69, 9.17) is 0 Å². The molecule has 1 aliphatic rings. The van der Waals surface area contributed by atoms with E-state index in [9.17, 15) is 14.7 Å². The Hall–Kier alpha value is -2.14. The zero-order valence-corrected chi connectivity index (χ0v) is 13.0. The monoisotopic (exact) mass is 315 g/mol. The SMILES string of the molecule is Cc1ccsc1[C@@H]1C[C@@H]1C(=O)N[C@@H](C(=O)O)c1ccccc1. The van der Waals surface area contributed by atoms with Crippen molar-refractivity contribution in [2.24, 2.45) is 5.92 Å². The van der Waals surface area contributed by atoms with Crippen LogP contribution in [0.5, 0.6) is 0 Å². The van der Waals surface area contributed by atoms with Gasteiger partial charge >= 0.3 is 5.97 Å². The first-order valence-electron chi connectivity index (χ1n) is 7.20.